The lowest BCUT2D eigenvalue weighted by molar-refractivity contribution is 0.738. The fourth-order valence-corrected chi connectivity index (χ4v) is 1.98. The van der Waals surface area contributed by atoms with Crippen LogP contribution in [-0.4, -0.2) is 21.7 Å². The van der Waals surface area contributed by atoms with Crippen LogP contribution < -0.4 is 10.6 Å². The van der Waals surface area contributed by atoms with Gasteiger partial charge in [-0.05, 0) is 43.5 Å². The van der Waals surface area contributed by atoms with Crippen molar-refractivity contribution in [2.75, 3.05) is 17.2 Å². The highest BCUT2D eigenvalue weighted by molar-refractivity contribution is 5.57. The molecule has 2 N–H and O–H groups in total. The van der Waals surface area contributed by atoms with Gasteiger partial charge >= 0.3 is 0 Å². The Morgan fingerprint density at radius 3 is 2.71 bits per heavy atom. The van der Waals surface area contributed by atoms with Crippen molar-refractivity contribution in [3.63, 3.8) is 0 Å². The van der Waals surface area contributed by atoms with Gasteiger partial charge < -0.3 is 10.6 Å². The highest BCUT2D eigenvalue weighted by Gasteiger charge is 2.02. The van der Waals surface area contributed by atoms with Crippen molar-refractivity contribution < 1.29 is 0 Å². The predicted molar refractivity (Wildman–Crippen MR) is 87.0 cm³/mol. The van der Waals surface area contributed by atoms with Crippen LogP contribution >= 0.6 is 0 Å². The maximum absolute atomic E-state index is 4.42. The molecule has 0 saturated heterocycles. The van der Waals surface area contributed by atoms with Gasteiger partial charge in [-0.2, -0.15) is 10.1 Å². The largest absolute Gasteiger partial charge is 0.353 e. The van der Waals surface area contributed by atoms with Crippen LogP contribution in [0.15, 0.2) is 24.4 Å². The van der Waals surface area contributed by atoms with Crippen molar-refractivity contribution in [2.45, 2.75) is 40.0 Å². The first-order chi connectivity index (χ1) is 10.2. The molecule has 1 aromatic heterocycles. The van der Waals surface area contributed by atoms with Crippen molar-refractivity contribution in [1.82, 2.24) is 15.2 Å². The Hall–Kier alpha value is -2.17. The van der Waals surface area contributed by atoms with E-state index in [2.05, 4.69) is 58.7 Å². The van der Waals surface area contributed by atoms with Gasteiger partial charge in [0.2, 0.25) is 5.95 Å². The van der Waals surface area contributed by atoms with E-state index in [1.807, 2.05) is 6.07 Å². The summed E-state index contributed by atoms with van der Waals surface area (Å²) >= 11 is 0. The Morgan fingerprint density at radius 2 is 1.95 bits per heavy atom. The minimum atomic E-state index is 0.569. The van der Waals surface area contributed by atoms with E-state index in [4.69, 9.17) is 0 Å². The third kappa shape index (κ3) is 4.70. The van der Waals surface area contributed by atoms with Gasteiger partial charge in [0, 0.05) is 12.2 Å². The number of nitrogens with one attached hydrogen (secondary N) is 2. The number of hydrogen-bond donors (Lipinski definition) is 2. The molecule has 0 aliphatic carbocycles. The van der Waals surface area contributed by atoms with Crippen LogP contribution in [0.2, 0.25) is 0 Å². The molecule has 0 spiro atoms. The summed E-state index contributed by atoms with van der Waals surface area (Å²) in [6.07, 6.45) is 5.16. The Bertz CT molecular complexity index is 583. The average Bonchev–Trinajstić information content (AvgIpc) is 2.48. The van der Waals surface area contributed by atoms with E-state index >= 15 is 0 Å². The zero-order valence-electron chi connectivity index (χ0n) is 13.0. The molecule has 0 atom stereocenters. The van der Waals surface area contributed by atoms with Gasteiger partial charge in [-0.1, -0.05) is 25.8 Å². The second kappa shape index (κ2) is 7.57. The molecule has 5 nitrogen and oxygen atoms in total. The number of rotatable bonds is 7. The van der Waals surface area contributed by atoms with Crippen molar-refractivity contribution in [2.24, 2.45) is 0 Å². The van der Waals surface area contributed by atoms with E-state index in [1.165, 1.54) is 24.0 Å². The summed E-state index contributed by atoms with van der Waals surface area (Å²) < 4.78 is 0. The molecule has 1 aromatic carbocycles. The maximum Gasteiger partial charge on any atom is 0.244 e. The number of benzene rings is 1. The standard InChI is InChI=1S/C16H23N5/c1-4-5-6-9-17-16-20-15(11-18-21-16)19-14-8-7-12(2)13(3)10-14/h7-8,10-11H,4-6,9H2,1-3H3,(H2,17,19,20,21). The first-order valence-electron chi connectivity index (χ1n) is 7.47. The number of unbranched alkanes of at least 4 members (excludes halogenated alkanes) is 2. The number of aromatic nitrogens is 3. The molecule has 0 amide bonds. The zero-order chi connectivity index (χ0) is 15.1. The molecule has 1 heterocycles. The topological polar surface area (TPSA) is 62.7 Å². The molecule has 5 heteroatoms. The van der Waals surface area contributed by atoms with Crippen LogP contribution in [0.4, 0.5) is 17.5 Å². The van der Waals surface area contributed by atoms with Gasteiger partial charge in [0.15, 0.2) is 5.82 Å². The molecule has 0 bridgehead atoms. The molecule has 0 fully saturated rings. The average molecular weight is 285 g/mol. The Balaban J connectivity index is 1.98. The van der Waals surface area contributed by atoms with Crippen LogP contribution in [-0.2, 0) is 0 Å². The van der Waals surface area contributed by atoms with Gasteiger partial charge in [-0.3, -0.25) is 0 Å². The van der Waals surface area contributed by atoms with Gasteiger partial charge in [-0.15, -0.1) is 5.10 Å². The summed E-state index contributed by atoms with van der Waals surface area (Å²) in [5.74, 6) is 1.27. The normalized spacial score (nSPS) is 10.4. The quantitative estimate of drug-likeness (QED) is 0.757. The Morgan fingerprint density at radius 1 is 1.10 bits per heavy atom. The monoisotopic (exact) mass is 285 g/mol. The summed E-state index contributed by atoms with van der Waals surface area (Å²) in [5, 5.41) is 14.4. The third-order valence-electron chi connectivity index (χ3n) is 3.40. The molecular weight excluding hydrogens is 262 g/mol. The molecule has 2 aromatic rings. The van der Waals surface area contributed by atoms with Gasteiger partial charge in [0.05, 0.1) is 6.20 Å². The molecule has 21 heavy (non-hydrogen) atoms. The van der Waals surface area contributed by atoms with Crippen LogP contribution in [0.25, 0.3) is 0 Å². The molecule has 0 aliphatic heterocycles. The Kier molecular flexibility index (Phi) is 5.49. The fourth-order valence-electron chi connectivity index (χ4n) is 1.98. The lowest BCUT2D eigenvalue weighted by atomic mass is 10.1. The van der Waals surface area contributed by atoms with Crippen molar-refractivity contribution >= 4 is 17.5 Å². The van der Waals surface area contributed by atoms with Gasteiger partial charge in [0.1, 0.15) is 0 Å². The van der Waals surface area contributed by atoms with Crippen molar-refractivity contribution in [1.29, 1.82) is 0 Å². The highest BCUT2D eigenvalue weighted by Crippen LogP contribution is 2.18. The second-order valence-electron chi connectivity index (χ2n) is 5.22. The first-order valence-corrected chi connectivity index (χ1v) is 7.47. The van der Waals surface area contributed by atoms with Crippen LogP contribution in [0.5, 0.6) is 0 Å². The molecule has 0 radical (unpaired) electrons. The predicted octanol–water partition coefficient (Wildman–Crippen LogP) is 3.83. The summed E-state index contributed by atoms with van der Waals surface area (Å²) in [6, 6.07) is 6.24. The second-order valence-corrected chi connectivity index (χ2v) is 5.22. The lowest BCUT2D eigenvalue weighted by Crippen LogP contribution is -2.07. The molecule has 2 rings (SSSR count). The first kappa shape index (κ1) is 15.2. The van der Waals surface area contributed by atoms with Crippen LogP contribution in [0.1, 0.15) is 37.3 Å². The number of anilines is 3. The Labute approximate surface area is 126 Å². The van der Waals surface area contributed by atoms with E-state index in [0.717, 1.165) is 18.7 Å². The molecule has 0 aliphatic rings. The minimum absolute atomic E-state index is 0.569. The van der Waals surface area contributed by atoms with E-state index < -0.39 is 0 Å². The van der Waals surface area contributed by atoms with E-state index in [-0.39, 0.29) is 0 Å². The van der Waals surface area contributed by atoms with Crippen LogP contribution in [0.3, 0.4) is 0 Å². The summed E-state index contributed by atoms with van der Waals surface area (Å²) in [6.45, 7) is 7.26. The minimum Gasteiger partial charge on any atom is -0.353 e. The van der Waals surface area contributed by atoms with Crippen molar-refractivity contribution in [3.8, 4) is 0 Å². The number of nitrogens with zero attached hydrogens (tertiary/aromatic N) is 3. The zero-order valence-corrected chi connectivity index (χ0v) is 13.0. The molecule has 0 unspecified atom stereocenters. The third-order valence-corrected chi connectivity index (χ3v) is 3.40. The number of hydrogen-bond acceptors (Lipinski definition) is 5. The molecule has 112 valence electrons. The lowest BCUT2D eigenvalue weighted by Gasteiger charge is -2.09. The van der Waals surface area contributed by atoms with Gasteiger partial charge in [0.25, 0.3) is 0 Å². The van der Waals surface area contributed by atoms with E-state index in [1.54, 1.807) is 6.20 Å². The summed E-state index contributed by atoms with van der Waals surface area (Å²) in [7, 11) is 0. The van der Waals surface area contributed by atoms with E-state index in [9.17, 15) is 0 Å². The van der Waals surface area contributed by atoms with Crippen molar-refractivity contribution in [3.05, 3.63) is 35.5 Å². The fraction of sp³-hybridized carbons (Fsp3) is 0.438. The summed E-state index contributed by atoms with van der Waals surface area (Å²) in [4.78, 5) is 4.42. The number of aryl methyl sites for hydroxylation is 2. The van der Waals surface area contributed by atoms with Gasteiger partial charge in [-0.25, -0.2) is 0 Å². The van der Waals surface area contributed by atoms with Crippen LogP contribution in [0, 0.1) is 13.8 Å². The SMILES string of the molecule is CCCCCNc1nncc(Nc2ccc(C)c(C)c2)n1. The van der Waals surface area contributed by atoms with E-state index in [0.29, 0.717) is 11.8 Å². The highest BCUT2D eigenvalue weighted by atomic mass is 15.3. The molecular formula is C16H23N5. The maximum atomic E-state index is 4.42. The summed E-state index contributed by atoms with van der Waals surface area (Å²) in [5.41, 5.74) is 3.54. The smallest absolute Gasteiger partial charge is 0.244 e. The molecule has 0 saturated carbocycles.